The van der Waals surface area contributed by atoms with E-state index >= 15 is 0 Å². The van der Waals surface area contributed by atoms with Gasteiger partial charge >= 0.3 is 0 Å². The first-order chi connectivity index (χ1) is 11.8. The Hall–Kier alpha value is -1.59. The summed E-state index contributed by atoms with van der Waals surface area (Å²) in [6.45, 7) is 4.81. The second kappa shape index (κ2) is 8.49. The minimum atomic E-state index is 0.205. The van der Waals surface area contributed by atoms with Crippen LogP contribution in [0.15, 0.2) is 18.2 Å². The zero-order valence-corrected chi connectivity index (χ0v) is 14.7. The molecule has 1 aromatic rings. The van der Waals surface area contributed by atoms with Gasteiger partial charge in [0, 0.05) is 42.5 Å². The third-order valence-electron chi connectivity index (χ3n) is 5.13. The second-order valence-electron chi connectivity index (χ2n) is 6.86. The quantitative estimate of drug-likeness (QED) is 0.640. The fourth-order valence-corrected chi connectivity index (χ4v) is 3.74. The van der Waals surface area contributed by atoms with E-state index in [1.165, 1.54) is 18.4 Å². The van der Waals surface area contributed by atoms with E-state index in [1.807, 2.05) is 19.2 Å². The average molecular weight is 330 g/mol. The number of unbranched alkanes of at least 4 members (excludes halogenated alkanes) is 2. The lowest BCUT2D eigenvalue weighted by molar-refractivity contribution is 0.0675. The highest BCUT2D eigenvalue weighted by atomic mass is 16.2. The molecule has 5 heteroatoms. The largest absolute Gasteiger partial charge is 0.385 e. The first-order valence-electron chi connectivity index (χ1n) is 9.33. The monoisotopic (exact) mass is 330 g/mol. The van der Waals surface area contributed by atoms with Gasteiger partial charge in [-0.3, -0.25) is 4.79 Å². The van der Waals surface area contributed by atoms with Gasteiger partial charge in [-0.2, -0.15) is 0 Å². The summed E-state index contributed by atoms with van der Waals surface area (Å²) >= 11 is 0. The fourth-order valence-electron chi connectivity index (χ4n) is 3.74. The Labute approximate surface area is 145 Å². The Kier molecular flexibility index (Phi) is 6.10. The zero-order valence-electron chi connectivity index (χ0n) is 14.7. The normalized spacial score (nSPS) is 20.3. The standard InChI is InChI=1S/C19H30N4O/c1-20-10-3-2-4-12-22-18-9-5-8-16-17(18)14-23(19(16)24)15-7-6-11-21-13-15/h5,8-9,15,20-22H,2-4,6-7,10-14H2,1H3. The van der Waals surface area contributed by atoms with Crippen molar-refractivity contribution >= 4 is 11.6 Å². The van der Waals surface area contributed by atoms with Crippen molar-refractivity contribution in [3.05, 3.63) is 29.3 Å². The predicted octanol–water partition coefficient (Wildman–Crippen LogP) is 2.20. The van der Waals surface area contributed by atoms with Gasteiger partial charge in [0.2, 0.25) is 0 Å². The number of nitrogens with zero attached hydrogens (tertiary/aromatic N) is 1. The second-order valence-corrected chi connectivity index (χ2v) is 6.86. The minimum absolute atomic E-state index is 0.205. The molecule has 132 valence electrons. The number of piperidine rings is 1. The number of anilines is 1. The number of benzene rings is 1. The molecule has 3 rings (SSSR count). The Bertz CT molecular complexity index is 554. The predicted molar refractivity (Wildman–Crippen MR) is 98.5 cm³/mol. The van der Waals surface area contributed by atoms with Crippen molar-refractivity contribution in [2.24, 2.45) is 0 Å². The lowest BCUT2D eigenvalue weighted by Crippen LogP contribution is -2.46. The molecule has 1 aromatic carbocycles. The van der Waals surface area contributed by atoms with Crippen LogP contribution in [0.1, 0.15) is 48.0 Å². The van der Waals surface area contributed by atoms with Gasteiger partial charge in [0.25, 0.3) is 5.91 Å². The average Bonchev–Trinajstić information content (AvgIpc) is 2.96. The Morgan fingerprint density at radius 3 is 2.92 bits per heavy atom. The number of rotatable bonds is 8. The maximum Gasteiger partial charge on any atom is 0.254 e. The Morgan fingerprint density at radius 2 is 2.12 bits per heavy atom. The summed E-state index contributed by atoms with van der Waals surface area (Å²) in [4.78, 5) is 14.8. The Morgan fingerprint density at radius 1 is 1.25 bits per heavy atom. The van der Waals surface area contributed by atoms with Gasteiger partial charge in [0.1, 0.15) is 0 Å². The maximum absolute atomic E-state index is 12.8. The molecule has 1 saturated heterocycles. The zero-order chi connectivity index (χ0) is 16.8. The van der Waals surface area contributed by atoms with Crippen molar-refractivity contribution < 1.29 is 4.79 Å². The van der Waals surface area contributed by atoms with Gasteiger partial charge in [-0.1, -0.05) is 12.5 Å². The molecule has 1 atom stereocenters. The van der Waals surface area contributed by atoms with Gasteiger partial charge in [-0.25, -0.2) is 0 Å². The van der Waals surface area contributed by atoms with Crippen LogP contribution in [0.25, 0.3) is 0 Å². The summed E-state index contributed by atoms with van der Waals surface area (Å²) in [7, 11) is 2.00. The van der Waals surface area contributed by atoms with Crippen LogP contribution < -0.4 is 16.0 Å². The molecule has 1 amide bonds. The van der Waals surface area contributed by atoms with E-state index in [9.17, 15) is 4.79 Å². The molecule has 0 spiro atoms. The summed E-state index contributed by atoms with van der Waals surface area (Å²) < 4.78 is 0. The molecule has 0 aliphatic carbocycles. The number of amides is 1. The molecule has 2 aliphatic heterocycles. The summed E-state index contributed by atoms with van der Waals surface area (Å²) in [6, 6.07) is 6.44. The van der Waals surface area contributed by atoms with Crippen molar-refractivity contribution in [2.75, 3.05) is 38.5 Å². The summed E-state index contributed by atoms with van der Waals surface area (Å²) in [5.74, 6) is 0.205. The molecule has 0 bridgehead atoms. The van der Waals surface area contributed by atoms with Crippen LogP contribution >= 0.6 is 0 Å². The van der Waals surface area contributed by atoms with Gasteiger partial charge < -0.3 is 20.9 Å². The molecule has 1 fully saturated rings. The van der Waals surface area contributed by atoms with Crippen LogP contribution in [-0.4, -0.2) is 50.1 Å². The van der Waals surface area contributed by atoms with Crippen molar-refractivity contribution in [1.29, 1.82) is 0 Å². The van der Waals surface area contributed by atoms with Crippen molar-refractivity contribution in [3.63, 3.8) is 0 Å². The SMILES string of the molecule is CNCCCCCNc1cccc2c1CN(C1CCCNC1)C2=O. The van der Waals surface area contributed by atoms with E-state index in [1.54, 1.807) is 0 Å². The van der Waals surface area contributed by atoms with Gasteiger partial charge in [0.15, 0.2) is 0 Å². The highest BCUT2D eigenvalue weighted by Crippen LogP contribution is 2.31. The first-order valence-corrected chi connectivity index (χ1v) is 9.33. The van der Waals surface area contributed by atoms with Crippen molar-refractivity contribution in [2.45, 2.75) is 44.7 Å². The van der Waals surface area contributed by atoms with Gasteiger partial charge in [-0.05, 0) is 58.0 Å². The van der Waals surface area contributed by atoms with Crippen LogP contribution in [-0.2, 0) is 6.54 Å². The molecule has 3 N–H and O–H groups in total. The molecule has 2 heterocycles. The number of carbonyl (C=O) groups is 1. The van der Waals surface area contributed by atoms with E-state index in [0.29, 0.717) is 6.04 Å². The maximum atomic E-state index is 12.8. The van der Waals surface area contributed by atoms with Crippen LogP contribution in [0.3, 0.4) is 0 Å². The molecule has 24 heavy (non-hydrogen) atoms. The molecule has 1 unspecified atom stereocenters. The van der Waals surface area contributed by atoms with E-state index in [2.05, 4.69) is 26.9 Å². The van der Waals surface area contributed by atoms with E-state index in [4.69, 9.17) is 0 Å². The minimum Gasteiger partial charge on any atom is -0.385 e. The van der Waals surface area contributed by atoms with Crippen LogP contribution in [0.2, 0.25) is 0 Å². The fraction of sp³-hybridized carbons (Fsp3) is 0.632. The third kappa shape index (κ3) is 3.90. The molecular formula is C19H30N4O. The topological polar surface area (TPSA) is 56.4 Å². The van der Waals surface area contributed by atoms with E-state index < -0.39 is 0 Å². The van der Waals surface area contributed by atoms with Crippen molar-refractivity contribution in [1.82, 2.24) is 15.5 Å². The number of carbonyl (C=O) groups excluding carboxylic acids is 1. The lowest BCUT2D eigenvalue weighted by atomic mass is 10.1. The van der Waals surface area contributed by atoms with E-state index in [-0.39, 0.29) is 5.91 Å². The highest BCUT2D eigenvalue weighted by Gasteiger charge is 2.34. The highest BCUT2D eigenvalue weighted by molar-refractivity contribution is 6.00. The first kappa shape index (κ1) is 17.2. The molecule has 0 aromatic heterocycles. The number of nitrogens with one attached hydrogen (secondary N) is 3. The molecule has 0 radical (unpaired) electrons. The van der Waals surface area contributed by atoms with Crippen LogP contribution in [0, 0.1) is 0 Å². The number of hydrogen-bond donors (Lipinski definition) is 3. The molecule has 2 aliphatic rings. The summed E-state index contributed by atoms with van der Waals surface area (Å²) in [5, 5.41) is 10.2. The van der Waals surface area contributed by atoms with Crippen LogP contribution in [0.5, 0.6) is 0 Å². The molecule has 0 saturated carbocycles. The lowest BCUT2D eigenvalue weighted by Gasteiger charge is -2.31. The molecule has 5 nitrogen and oxygen atoms in total. The number of fused-ring (bicyclic) bond motifs is 1. The smallest absolute Gasteiger partial charge is 0.254 e. The number of hydrogen-bond acceptors (Lipinski definition) is 4. The third-order valence-corrected chi connectivity index (χ3v) is 5.13. The van der Waals surface area contributed by atoms with Crippen molar-refractivity contribution in [3.8, 4) is 0 Å². The summed E-state index contributed by atoms with van der Waals surface area (Å²) in [6.07, 6.45) is 5.87. The van der Waals surface area contributed by atoms with Gasteiger partial charge in [0.05, 0.1) is 0 Å². The Balaban J connectivity index is 1.59. The van der Waals surface area contributed by atoms with Crippen LogP contribution in [0.4, 0.5) is 5.69 Å². The summed E-state index contributed by atoms with van der Waals surface area (Å²) in [5.41, 5.74) is 3.21. The van der Waals surface area contributed by atoms with E-state index in [0.717, 1.165) is 63.2 Å². The molecular weight excluding hydrogens is 300 g/mol. The van der Waals surface area contributed by atoms with Gasteiger partial charge in [-0.15, -0.1) is 0 Å².